The molecule has 0 spiro atoms. The van der Waals surface area contributed by atoms with Gasteiger partial charge in [0, 0.05) is 6.04 Å². The van der Waals surface area contributed by atoms with Gasteiger partial charge in [-0.05, 0) is 18.8 Å². The van der Waals surface area contributed by atoms with Gasteiger partial charge in [-0.1, -0.05) is 19.8 Å². The highest BCUT2D eigenvalue weighted by molar-refractivity contribution is 5.78. The van der Waals surface area contributed by atoms with Crippen LogP contribution in [0.4, 0.5) is 13.2 Å². The number of nitrogens with one attached hydrogen (secondary N) is 2. The molecule has 0 radical (unpaired) electrons. The Hall–Kier alpha value is -0.780. The van der Waals surface area contributed by atoms with Gasteiger partial charge in [0.2, 0.25) is 5.91 Å². The highest BCUT2D eigenvalue weighted by Gasteiger charge is 2.27. The Morgan fingerprint density at radius 1 is 1.35 bits per heavy atom. The molecule has 1 saturated carbocycles. The third-order valence-corrected chi connectivity index (χ3v) is 2.91. The molecule has 0 saturated heterocycles. The van der Waals surface area contributed by atoms with Gasteiger partial charge >= 0.3 is 6.18 Å². The summed E-state index contributed by atoms with van der Waals surface area (Å²) >= 11 is 0. The van der Waals surface area contributed by atoms with Crippen molar-refractivity contribution in [1.29, 1.82) is 0 Å². The van der Waals surface area contributed by atoms with Crippen LogP contribution in [0.1, 0.15) is 32.6 Å². The maximum absolute atomic E-state index is 11.8. The van der Waals surface area contributed by atoms with E-state index in [1.807, 2.05) is 0 Å². The van der Waals surface area contributed by atoms with E-state index in [0.717, 1.165) is 19.3 Å². The van der Waals surface area contributed by atoms with Gasteiger partial charge in [-0.25, -0.2) is 0 Å². The molecule has 1 aliphatic carbocycles. The normalized spacial score (nSPS) is 25.6. The summed E-state index contributed by atoms with van der Waals surface area (Å²) in [6.45, 7) is 0.728. The average molecular weight is 252 g/mol. The molecule has 0 aliphatic heterocycles. The van der Waals surface area contributed by atoms with E-state index in [2.05, 4.69) is 17.6 Å². The highest BCUT2D eigenvalue weighted by atomic mass is 19.4. The van der Waals surface area contributed by atoms with Crippen LogP contribution in [0, 0.1) is 5.92 Å². The predicted octanol–water partition coefficient (Wildman–Crippen LogP) is 1.83. The molecular formula is C11H19F3N2O. The number of alkyl halides is 3. The van der Waals surface area contributed by atoms with Gasteiger partial charge in [-0.2, -0.15) is 13.2 Å². The zero-order chi connectivity index (χ0) is 12.9. The molecule has 0 aromatic heterocycles. The summed E-state index contributed by atoms with van der Waals surface area (Å²) in [5, 5.41) is 4.86. The number of amides is 1. The summed E-state index contributed by atoms with van der Waals surface area (Å²) in [6.07, 6.45) is -0.180. The number of carbonyl (C=O) groups is 1. The minimum absolute atomic E-state index is 0.124. The van der Waals surface area contributed by atoms with Crippen molar-refractivity contribution < 1.29 is 18.0 Å². The van der Waals surface area contributed by atoms with Gasteiger partial charge in [0.1, 0.15) is 0 Å². The lowest BCUT2D eigenvalue weighted by Crippen LogP contribution is -2.44. The molecule has 3 nitrogen and oxygen atoms in total. The third kappa shape index (κ3) is 6.51. The molecule has 6 heteroatoms. The topological polar surface area (TPSA) is 41.1 Å². The second-order valence-electron chi connectivity index (χ2n) is 4.75. The lowest BCUT2D eigenvalue weighted by molar-refractivity contribution is -0.128. The van der Waals surface area contributed by atoms with Crippen LogP contribution in [0.25, 0.3) is 0 Å². The highest BCUT2D eigenvalue weighted by Crippen LogP contribution is 2.23. The summed E-state index contributed by atoms with van der Waals surface area (Å²) in [5.41, 5.74) is 0. The van der Waals surface area contributed by atoms with Gasteiger partial charge in [0.15, 0.2) is 0 Å². The van der Waals surface area contributed by atoms with Gasteiger partial charge < -0.3 is 10.6 Å². The first-order valence-electron chi connectivity index (χ1n) is 5.93. The summed E-state index contributed by atoms with van der Waals surface area (Å²) < 4.78 is 35.5. The van der Waals surface area contributed by atoms with E-state index in [0.29, 0.717) is 5.92 Å². The molecule has 2 atom stereocenters. The van der Waals surface area contributed by atoms with Crippen molar-refractivity contribution in [2.75, 3.05) is 13.1 Å². The zero-order valence-corrected chi connectivity index (χ0v) is 9.94. The van der Waals surface area contributed by atoms with Crippen LogP contribution in [0.5, 0.6) is 0 Å². The molecule has 2 N–H and O–H groups in total. The largest absolute Gasteiger partial charge is 0.401 e. The van der Waals surface area contributed by atoms with E-state index in [1.165, 1.54) is 6.42 Å². The second-order valence-corrected chi connectivity index (χ2v) is 4.75. The zero-order valence-electron chi connectivity index (χ0n) is 9.94. The van der Waals surface area contributed by atoms with E-state index < -0.39 is 12.7 Å². The van der Waals surface area contributed by atoms with Gasteiger partial charge in [0.25, 0.3) is 0 Å². The fourth-order valence-corrected chi connectivity index (χ4v) is 2.16. The number of carbonyl (C=O) groups excluding carboxylic acids is 1. The fraction of sp³-hybridized carbons (Fsp3) is 0.909. The SMILES string of the molecule is CC1CCCC(NC(=O)CNCC(F)(F)F)C1. The molecule has 1 fully saturated rings. The van der Waals surface area contributed by atoms with Crippen molar-refractivity contribution in [3.8, 4) is 0 Å². The standard InChI is InChI=1S/C11H19F3N2O/c1-8-3-2-4-9(5-8)16-10(17)6-15-7-11(12,13)14/h8-9,15H,2-7H2,1H3,(H,16,17). The van der Waals surface area contributed by atoms with E-state index in [1.54, 1.807) is 0 Å². The van der Waals surface area contributed by atoms with Crippen LogP contribution in [-0.2, 0) is 4.79 Å². The number of hydrogen-bond donors (Lipinski definition) is 2. The Balaban J connectivity index is 2.16. The van der Waals surface area contributed by atoms with Crippen LogP contribution in [0.3, 0.4) is 0 Å². The van der Waals surface area contributed by atoms with Crippen molar-refractivity contribution in [2.45, 2.75) is 44.8 Å². The Bertz CT molecular complexity index is 256. The van der Waals surface area contributed by atoms with Crippen molar-refractivity contribution in [3.05, 3.63) is 0 Å². The maximum Gasteiger partial charge on any atom is 0.401 e. The Kier molecular flexibility index (Phi) is 5.24. The number of hydrogen-bond acceptors (Lipinski definition) is 2. The smallest absolute Gasteiger partial charge is 0.352 e. The third-order valence-electron chi connectivity index (χ3n) is 2.91. The van der Waals surface area contributed by atoms with Gasteiger partial charge in [0.05, 0.1) is 13.1 Å². The first-order chi connectivity index (χ1) is 7.87. The fourth-order valence-electron chi connectivity index (χ4n) is 2.16. The summed E-state index contributed by atoms with van der Waals surface area (Å²) in [6, 6.07) is 0.124. The van der Waals surface area contributed by atoms with Crippen LogP contribution in [0.2, 0.25) is 0 Å². The van der Waals surface area contributed by atoms with Gasteiger partial charge in [-0.15, -0.1) is 0 Å². The Morgan fingerprint density at radius 2 is 2.06 bits per heavy atom. The molecule has 2 unspecified atom stereocenters. The minimum Gasteiger partial charge on any atom is -0.352 e. The number of halogens is 3. The Labute approximate surface area is 99.1 Å². The molecule has 1 rings (SSSR count). The van der Waals surface area contributed by atoms with E-state index in [4.69, 9.17) is 0 Å². The first-order valence-corrected chi connectivity index (χ1v) is 5.93. The molecule has 1 aliphatic rings. The second kappa shape index (κ2) is 6.23. The van der Waals surface area contributed by atoms with E-state index in [-0.39, 0.29) is 18.5 Å². The molecule has 1 amide bonds. The summed E-state index contributed by atoms with van der Waals surface area (Å²) in [7, 11) is 0. The average Bonchev–Trinajstić information content (AvgIpc) is 2.15. The minimum atomic E-state index is -4.26. The van der Waals surface area contributed by atoms with Crippen LogP contribution in [0.15, 0.2) is 0 Å². The van der Waals surface area contributed by atoms with Crippen molar-refractivity contribution in [1.82, 2.24) is 10.6 Å². The molecule has 0 bridgehead atoms. The molecular weight excluding hydrogens is 233 g/mol. The van der Waals surface area contributed by atoms with Crippen molar-refractivity contribution >= 4 is 5.91 Å². The van der Waals surface area contributed by atoms with Crippen LogP contribution < -0.4 is 10.6 Å². The molecule has 0 aromatic carbocycles. The lowest BCUT2D eigenvalue weighted by atomic mass is 9.87. The van der Waals surface area contributed by atoms with Crippen LogP contribution in [-0.4, -0.2) is 31.2 Å². The van der Waals surface area contributed by atoms with Crippen LogP contribution >= 0.6 is 0 Å². The van der Waals surface area contributed by atoms with E-state index in [9.17, 15) is 18.0 Å². The Morgan fingerprint density at radius 3 is 2.65 bits per heavy atom. The summed E-state index contributed by atoms with van der Waals surface area (Å²) in [5.74, 6) is 0.227. The lowest BCUT2D eigenvalue weighted by Gasteiger charge is -2.27. The molecule has 100 valence electrons. The molecule has 0 heterocycles. The van der Waals surface area contributed by atoms with Crippen molar-refractivity contribution in [2.24, 2.45) is 5.92 Å². The molecule has 17 heavy (non-hydrogen) atoms. The first kappa shape index (κ1) is 14.3. The molecule has 0 aromatic rings. The summed E-state index contributed by atoms with van der Waals surface area (Å²) in [4.78, 5) is 11.4. The van der Waals surface area contributed by atoms with E-state index >= 15 is 0 Å². The quantitative estimate of drug-likeness (QED) is 0.801. The monoisotopic (exact) mass is 252 g/mol. The van der Waals surface area contributed by atoms with Gasteiger partial charge in [-0.3, -0.25) is 4.79 Å². The maximum atomic E-state index is 11.8. The number of rotatable bonds is 4. The predicted molar refractivity (Wildman–Crippen MR) is 58.5 cm³/mol. The van der Waals surface area contributed by atoms with Crippen molar-refractivity contribution in [3.63, 3.8) is 0 Å².